The second-order valence-corrected chi connectivity index (χ2v) is 5.35. The number of carboxylic acid groups (broad SMARTS) is 1. The van der Waals surface area contributed by atoms with Crippen molar-refractivity contribution in [2.24, 2.45) is 0 Å². The lowest BCUT2D eigenvalue weighted by molar-refractivity contribution is -0.136. The normalized spacial score (nSPS) is 18.7. The molecule has 1 aromatic heterocycles. The average molecular weight is 273 g/mol. The van der Waals surface area contributed by atoms with Crippen molar-refractivity contribution in [2.75, 3.05) is 6.61 Å². The lowest BCUT2D eigenvalue weighted by Crippen LogP contribution is -2.14. The maximum absolute atomic E-state index is 10.8. The predicted octanol–water partition coefficient (Wildman–Crippen LogP) is 2.84. The Kier molecular flexibility index (Phi) is 3.74. The van der Waals surface area contributed by atoms with Gasteiger partial charge in [-0.05, 0) is 30.9 Å². The van der Waals surface area contributed by atoms with E-state index in [9.17, 15) is 4.79 Å². The van der Waals surface area contributed by atoms with E-state index in [1.165, 1.54) is 5.52 Å². The van der Waals surface area contributed by atoms with Gasteiger partial charge in [-0.1, -0.05) is 18.2 Å². The highest BCUT2D eigenvalue weighted by molar-refractivity contribution is 5.84. The van der Waals surface area contributed by atoms with Gasteiger partial charge in [-0.2, -0.15) is 0 Å². The molecule has 0 radical (unpaired) electrons. The summed E-state index contributed by atoms with van der Waals surface area (Å²) >= 11 is 0. The fourth-order valence-electron chi connectivity index (χ4n) is 2.92. The molecule has 3 rings (SSSR count). The van der Waals surface area contributed by atoms with Crippen molar-refractivity contribution in [1.29, 1.82) is 0 Å². The largest absolute Gasteiger partial charge is 0.481 e. The third-order valence-corrected chi connectivity index (χ3v) is 3.90. The third kappa shape index (κ3) is 2.70. The van der Waals surface area contributed by atoms with E-state index in [1.54, 1.807) is 0 Å². The standard InChI is InChI=1S/C16H19NO3/c18-16(19)8-7-12-10-17(11-13-4-3-9-20-13)15-6-2-1-5-14(12)15/h1-2,5-6,10,13H,3-4,7-9,11H2,(H,18,19). The summed E-state index contributed by atoms with van der Waals surface area (Å²) in [6.07, 6.45) is 5.38. The number of carboxylic acids is 1. The number of fused-ring (bicyclic) bond motifs is 1. The molecule has 1 fully saturated rings. The van der Waals surface area contributed by atoms with E-state index in [0.29, 0.717) is 6.42 Å². The van der Waals surface area contributed by atoms with Gasteiger partial charge in [-0.25, -0.2) is 0 Å². The van der Waals surface area contributed by atoms with Crippen LogP contribution in [0.3, 0.4) is 0 Å². The maximum atomic E-state index is 10.8. The van der Waals surface area contributed by atoms with Gasteiger partial charge in [0.2, 0.25) is 0 Å². The van der Waals surface area contributed by atoms with Crippen LogP contribution in [0.4, 0.5) is 0 Å². The van der Waals surface area contributed by atoms with Gasteiger partial charge in [0.15, 0.2) is 0 Å². The highest BCUT2D eigenvalue weighted by atomic mass is 16.5. The second-order valence-electron chi connectivity index (χ2n) is 5.35. The summed E-state index contributed by atoms with van der Waals surface area (Å²) in [4.78, 5) is 10.8. The molecule has 0 amide bonds. The van der Waals surface area contributed by atoms with E-state index in [1.807, 2.05) is 12.1 Å². The lowest BCUT2D eigenvalue weighted by Gasteiger charge is -2.11. The molecular weight excluding hydrogens is 254 g/mol. The zero-order chi connectivity index (χ0) is 13.9. The van der Waals surface area contributed by atoms with Crippen LogP contribution in [0.1, 0.15) is 24.8 Å². The van der Waals surface area contributed by atoms with Crippen LogP contribution in [0.5, 0.6) is 0 Å². The molecule has 1 aromatic carbocycles. The van der Waals surface area contributed by atoms with Gasteiger partial charge in [-0.3, -0.25) is 4.79 Å². The Hall–Kier alpha value is -1.81. The zero-order valence-corrected chi connectivity index (χ0v) is 11.4. The fourth-order valence-corrected chi connectivity index (χ4v) is 2.92. The molecule has 106 valence electrons. The van der Waals surface area contributed by atoms with Gasteiger partial charge >= 0.3 is 5.97 Å². The Morgan fingerprint density at radius 3 is 3.00 bits per heavy atom. The number of benzene rings is 1. The Morgan fingerprint density at radius 1 is 1.40 bits per heavy atom. The van der Waals surface area contributed by atoms with Gasteiger partial charge < -0.3 is 14.4 Å². The molecule has 1 N–H and O–H groups in total. The Labute approximate surface area is 118 Å². The number of aromatic nitrogens is 1. The monoisotopic (exact) mass is 273 g/mol. The van der Waals surface area contributed by atoms with Crippen molar-refractivity contribution in [3.8, 4) is 0 Å². The number of aliphatic carboxylic acids is 1. The highest BCUT2D eigenvalue weighted by Crippen LogP contribution is 2.24. The fraction of sp³-hybridized carbons (Fsp3) is 0.438. The quantitative estimate of drug-likeness (QED) is 0.911. The number of nitrogens with zero attached hydrogens (tertiary/aromatic N) is 1. The number of carbonyl (C=O) groups is 1. The second kappa shape index (κ2) is 5.67. The molecule has 4 heteroatoms. The van der Waals surface area contributed by atoms with Crippen molar-refractivity contribution < 1.29 is 14.6 Å². The Bertz CT molecular complexity index is 611. The van der Waals surface area contributed by atoms with E-state index in [0.717, 1.165) is 36.9 Å². The van der Waals surface area contributed by atoms with Crippen LogP contribution in [-0.2, 0) is 22.5 Å². The molecule has 1 atom stereocenters. The molecule has 1 saturated heterocycles. The summed E-state index contributed by atoms with van der Waals surface area (Å²) in [5.74, 6) is -0.749. The van der Waals surface area contributed by atoms with Crippen molar-refractivity contribution in [3.05, 3.63) is 36.0 Å². The van der Waals surface area contributed by atoms with Crippen molar-refractivity contribution in [3.63, 3.8) is 0 Å². The lowest BCUT2D eigenvalue weighted by atomic mass is 10.1. The SMILES string of the molecule is O=C(O)CCc1cn(CC2CCCO2)c2ccccc12. The van der Waals surface area contributed by atoms with Crippen LogP contribution < -0.4 is 0 Å². The molecule has 0 spiro atoms. The van der Waals surface area contributed by atoms with E-state index in [-0.39, 0.29) is 12.5 Å². The number of ether oxygens (including phenoxy) is 1. The van der Waals surface area contributed by atoms with E-state index >= 15 is 0 Å². The minimum absolute atomic E-state index is 0.175. The molecule has 0 aliphatic carbocycles. The minimum atomic E-state index is -0.749. The van der Waals surface area contributed by atoms with E-state index in [4.69, 9.17) is 9.84 Å². The molecule has 1 aliphatic rings. The number of hydrogen-bond donors (Lipinski definition) is 1. The van der Waals surface area contributed by atoms with Gasteiger partial charge in [0.05, 0.1) is 6.10 Å². The van der Waals surface area contributed by atoms with Crippen molar-refractivity contribution >= 4 is 16.9 Å². The van der Waals surface area contributed by atoms with E-state index in [2.05, 4.69) is 22.9 Å². The summed E-state index contributed by atoms with van der Waals surface area (Å²) in [6, 6.07) is 8.19. The smallest absolute Gasteiger partial charge is 0.303 e. The zero-order valence-electron chi connectivity index (χ0n) is 11.4. The molecule has 4 nitrogen and oxygen atoms in total. The Balaban J connectivity index is 1.88. The average Bonchev–Trinajstić information content (AvgIpc) is 3.06. The first-order valence-corrected chi connectivity index (χ1v) is 7.14. The van der Waals surface area contributed by atoms with Crippen LogP contribution in [0.15, 0.2) is 30.5 Å². The number of rotatable bonds is 5. The maximum Gasteiger partial charge on any atom is 0.303 e. The molecule has 0 saturated carbocycles. The van der Waals surface area contributed by atoms with Gasteiger partial charge in [0.1, 0.15) is 0 Å². The van der Waals surface area contributed by atoms with Gasteiger partial charge in [0, 0.05) is 36.7 Å². The first-order chi connectivity index (χ1) is 9.74. The van der Waals surface area contributed by atoms with Gasteiger partial charge in [-0.15, -0.1) is 0 Å². The first kappa shape index (κ1) is 13.2. The van der Waals surface area contributed by atoms with E-state index < -0.39 is 5.97 Å². The molecule has 2 aromatic rings. The Morgan fingerprint density at radius 2 is 2.25 bits per heavy atom. The molecule has 1 unspecified atom stereocenters. The van der Waals surface area contributed by atoms with Crippen LogP contribution in [-0.4, -0.2) is 28.4 Å². The predicted molar refractivity (Wildman–Crippen MR) is 76.9 cm³/mol. The summed E-state index contributed by atoms with van der Waals surface area (Å²) < 4.78 is 7.91. The summed E-state index contributed by atoms with van der Waals surface area (Å²) in [7, 11) is 0. The number of aryl methyl sites for hydroxylation is 1. The molecular formula is C16H19NO3. The molecule has 20 heavy (non-hydrogen) atoms. The number of para-hydroxylation sites is 1. The molecule has 0 bridgehead atoms. The summed E-state index contributed by atoms with van der Waals surface area (Å²) in [6.45, 7) is 1.71. The molecule has 1 aliphatic heterocycles. The molecule has 2 heterocycles. The van der Waals surface area contributed by atoms with Crippen molar-refractivity contribution in [2.45, 2.75) is 38.3 Å². The van der Waals surface area contributed by atoms with Crippen LogP contribution in [0.2, 0.25) is 0 Å². The first-order valence-electron chi connectivity index (χ1n) is 7.14. The van der Waals surface area contributed by atoms with Crippen molar-refractivity contribution in [1.82, 2.24) is 4.57 Å². The highest BCUT2D eigenvalue weighted by Gasteiger charge is 2.18. The van der Waals surface area contributed by atoms with Gasteiger partial charge in [0.25, 0.3) is 0 Å². The minimum Gasteiger partial charge on any atom is -0.481 e. The third-order valence-electron chi connectivity index (χ3n) is 3.90. The summed E-state index contributed by atoms with van der Waals surface area (Å²) in [5.41, 5.74) is 2.28. The van der Waals surface area contributed by atoms with Crippen LogP contribution >= 0.6 is 0 Å². The topological polar surface area (TPSA) is 51.5 Å². The van der Waals surface area contributed by atoms with Crippen LogP contribution in [0, 0.1) is 0 Å². The number of hydrogen-bond acceptors (Lipinski definition) is 2. The van der Waals surface area contributed by atoms with Crippen LogP contribution in [0.25, 0.3) is 10.9 Å². The summed E-state index contributed by atoms with van der Waals surface area (Å²) in [5, 5.41) is 10.0.